The predicted molar refractivity (Wildman–Crippen MR) is 220 cm³/mol. The second kappa shape index (κ2) is 18.5. The van der Waals surface area contributed by atoms with E-state index in [2.05, 4.69) is 5.32 Å². The standard InChI is InChI=1S/C44H58N2O14/c1-21-14-13-15-22(2)43(55)45-33-37(52)31-30(38(53)41(33)57-20-29(48)46-17-11-10-12-18-46)32-40(26(6)36(31)51)60-44(8,42(32)54)58-19-16-28(56-9)23(3)39(59-27(7)47)25(5)35(50)24(4)34(21)49/h13-16,19,21,23-25,28,34-35,39,49-53H,10-12,17-18,20H2,1-9H3,(H,45,55)/b14-13-,19-16?,22-15-/t21-,23+,24+,25+,28-,34-,35+,39+,44-/m0/s1. The number of amides is 2. The molecule has 9 atom stereocenters. The maximum absolute atomic E-state index is 14.4. The normalized spacial score (nSPS) is 30.6. The summed E-state index contributed by atoms with van der Waals surface area (Å²) < 4.78 is 29.4. The minimum absolute atomic E-state index is 0.000468. The molecule has 0 spiro atoms. The van der Waals surface area contributed by atoms with Crippen molar-refractivity contribution < 1.29 is 68.4 Å². The summed E-state index contributed by atoms with van der Waals surface area (Å²) in [5, 5.41) is 60.0. The number of carbonyl (C=O) groups excluding carboxylic acids is 4. The van der Waals surface area contributed by atoms with Crippen LogP contribution in [0.4, 0.5) is 5.69 Å². The van der Waals surface area contributed by atoms with Gasteiger partial charge in [-0.05, 0) is 39.2 Å². The molecule has 6 N–H and O–H groups in total. The van der Waals surface area contributed by atoms with E-state index in [4.69, 9.17) is 23.7 Å². The van der Waals surface area contributed by atoms with Crippen molar-refractivity contribution in [2.24, 2.45) is 23.7 Å². The number of methoxy groups -OCH3 is 1. The van der Waals surface area contributed by atoms with Crippen LogP contribution in [0, 0.1) is 30.6 Å². The van der Waals surface area contributed by atoms with Gasteiger partial charge in [0.05, 0.1) is 35.5 Å². The Bertz CT molecular complexity index is 2090. The Balaban J connectivity index is 1.68. The van der Waals surface area contributed by atoms with Crippen LogP contribution < -0.4 is 14.8 Å². The van der Waals surface area contributed by atoms with Gasteiger partial charge in [-0.15, -0.1) is 0 Å². The average molecular weight is 839 g/mol. The second-order valence-corrected chi connectivity index (χ2v) is 16.3. The summed E-state index contributed by atoms with van der Waals surface area (Å²) in [5.41, 5.74) is -0.647. The number of hydrogen-bond donors (Lipinski definition) is 6. The van der Waals surface area contributed by atoms with Crippen molar-refractivity contribution in [2.45, 2.75) is 105 Å². The number of benzene rings is 2. The third-order valence-corrected chi connectivity index (χ3v) is 12.0. The van der Waals surface area contributed by atoms with Crippen molar-refractivity contribution in [3.05, 3.63) is 47.3 Å². The van der Waals surface area contributed by atoms with E-state index in [1.807, 2.05) is 0 Å². The number of phenols is 3. The highest BCUT2D eigenvalue weighted by molar-refractivity contribution is 6.22. The minimum Gasteiger partial charge on any atom is -0.507 e. The highest BCUT2D eigenvalue weighted by Gasteiger charge is 2.50. The third kappa shape index (κ3) is 8.91. The summed E-state index contributed by atoms with van der Waals surface area (Å²) in [6.45, 7) is 12.7. The lowest BCUT2D eigenvalue weighted by molar-refractivity contribution is -0.160. The number of ketones is 1. The van der Waals surface area contributed by atoms with Crippen LogP contribution in [0.15, 0.2) is 36.1 Å². The van der Waals surface area contributed by atoms with Crippen LogP contribution in [-0.2, 0) is 28.6 Å². The molecule has 0 aliphatic carbocycles. The lowest BCUT2D eigenvalue weighted by Crippen LogP contribution is -2.46. The lowest BCUT2D eigenvalue weighted by atomic mass is 9.78. The van der Waals surface area contributed by atoms with Gasteiger partial charge in [0.15, 0.2) is 23.9 Å². The van der Waals surface area contributed by atoms with Gasteiger partial charge in [-0.2, -0.15) is 0 Å². The van der Waals surface area contributed by atoms with Gasteiger partial charge >= 0.3 is 11.8 Å². The first-order valence-corrected chi connectivity index (χ1v) is 20.2. The molecule has 16 nitrogen and oxygen atoms in total. The largest absolute Gasteiger partial charge is 0.507 e. The molecule has 4 heterocycles. The second-order valence-electron chi connectivity index (χ2n) is 16.3. The molecule has 6 rings (SSSR count). The molecule has 5 bridgehead atoms. The number of rotatable bonds is 5. The number of esters is 1. The highest BCUT2D eigenvalue weighted by Crippen LogP contribution is 2.57. The zero-order chi connectivity index (χ0) is 44.4. The Morgan fingerprint density at radius 2 is 1.58 bits per heavy atom. The van der Waals surface area contributed by atoms with Gasteiger partial charge in [0.25, 0.3) is 17.6 Å². The van der Waals surface area contributed by atoms with Crippen LogP contribution in [-0.4, -0.2) is 111 Å². The van der Waals surface area contributed by atoms with Crippen molar-refractivity contribution in [2.75, 3.05) is 32.1 Å². The zero-order valence-electron chi connectivity index (χ0n) is 35.6. The molecule has 328 valence electrons. The predicted octanol–water partition coefficient (Wildman–Crippen LogP) is 5.15. The Hall–Kier alpha value is -5.32. The smallest absolute Gasteiger partial charge is 0.312 e. The van der Waals surface area contributed by atoms with Crippen LogP contribution in [0.1, 0.15) is 83.7 Å². The summed E-state index contributed by atoms with van der Waals surface area (Å²) in [5.74, 6) is -10.1. The van der Waals surface area contributed by atoms with Gasteiger partial charge in [0.2, 0.25) is 0 Å². The number of nitrogens with one attached hydrogen (secondary N) is 1. The fourth-order valence-electron chi connectivity index (χ4n) is 8.20. The first-order chi connectivity index (χ1) is 28.2. The van der Waals surface area contributed by atoms with Crippen LogP contribution in [0.25, 0.3) is 10.8 Å². The highest BCUT2D eigenvalue weighted by atomic mass is 16.7. The van der Waals surface area contributed by atoms with Crippen LogP contribution in [0.3, 0.4) is 0 Å². The molecule has 0 aromatic heterocycles. The number of carbonyl (C=O) groups is 4. The molecule has 4 aliphatic rings. The monoisotopic (exact) mass is 838 g/mol. The van der Waals surface area contributed by atoms with Crippen molar-refractivity contribution in [1.82, 2.24) is 4.90 Å². The number of anilines is 1. The molecule has 60 heavy (non-hydrogen) atoms. The number of likely N-dealkylation sites (tertiary alicyclic amines) is 1. The lowest BCUT2D eigenvalue weighted by Gasteiger charge is -2.38. The van der Waals surface area contributed by atoms with Gasteiger partial charge in [-0.25, -0.2) is 0 Å². The van der Waals surface area contributed by atoms with Crippen LogP contribution >= 0.6 is 0 Å². The number of fused-ring (bicyclic) bond motifs is 14. The number of allylic oxidation sites excluding steroid dienone is 2. The van der Waals surface area contributed by atoms with E-state index in [1.165, 1.54) is 47.0 Å². The van der Waals surface area contributed by atoms with Crippen LogP contribution in [0.2, 0.25) is 0 Å². The number of ether oxygens (including phenoxy) is 5. The topological polar surface area (TPSA) is 231 Å². The first-order valence-electron chi connectivity index (χ1n) is 20.2. The molecule has 2 aromatic carbocycles. The number of nitrogens with zero attached hydrogens (tertiary/aromatic N) is 1. The number of Topliss-reactive ketones (excluding diaryl/α,β-unsaturated/α-hetero) is 1. The van der Waals surface area contributed by atoms with E-state index in [0.717, 1.165) is 25.5 Å². The number of piperidine rings is 1. The van der Waals surface area contributed by atoms with Crippen molar-refractivity contribution in [1.29, 1.82) is 0 Å². The molecule has 16 heteroatoms. The van der Waals surface area contributed by atoms with Crippen molar-refractivity contribution in [3.8, 4) is 28.7 Å². The van der Waals surface area contributed by atoms with E-state index >= 15 is 0 Å². The van der Waals surface area contributed by atoms with Gasteiger partial charge in [0.1, 0.15) is 23.3 Å². The van der Waals surface area contributed by atoms with Gasteiger partial charge in [-0.1, -0.05) is 45.9 Å². The van der Waals surface area contributed by atoms with E-state index in [1.54, 1.807) is 44.7 Å². The molecule has 0 saturated carbocycles. The molecular weight excluding hydrogens is 780 g/mol. The Morgan fingerprint density at radius 3 is 2.22 bits per heavy atom. The number of aromatic hydroxyl groups is 3. The molecule has 1 fully saturated rings. The van der Waals surface area contributed by atoms with E-state index in [-0.39, 0.29) is 27.8 Å². The zero-order valence-corrected chi connectivity index (χ0v) is 35.6. The summed E-state index contributed by atoms with van der Waals surface area (Å²) in [7, 11) is 1.42. The van der Waals surface area contributed by atoms with E-state index in [0.29, 0.717) is 13.1 Å². The first kappa shape index (κ1) is 45.8. The van der Waals surface area contributed by atoms with Gasteiger partial charge in [-0.3, -0.25) is 19.2 Å². The summed E-state index contributed by atoms with van der Waals surface area (Å²) in [6, 6.07) is 0. The average Bonchev–Trinajstić information content (AvgIpc) is 3.49. The van der Waals surface area contributed by atoms with E-state index < -0.39 is 118 Å². The Morgan fingerprint density at radius 1 is 0.917 bits per heavy atom. The fourth-order valence-corrected chi connectivity index (χ4v) is 8.20. The Labute approximate surface area is 349 Å². The summed E-state index contributed by atoms with van der Waals surface area (Å²) in [4.78, 5) is 55.3. The maximum Gasteiger partial charge on any atom is 0.312 e. The van der Waals surface area contributed by atoms with Crippen molar-refractivity contribution >= 4 is 40.0 Å². The maximum atomic E-state index is 14.4. The van der Waals surface area contributed by atoms with Crippen molar-refractivity contribution in [3.63, 3.8) is 0 Å². The van der Waals surface area contributed by atoms with Gasteiger partial charge < -0.3 is 59.4 Å². The SMILES string of the molecule is CO[C@H]1C=CO[C@@]2(C)Oc3c(C)c(O)c4c(O)c(c(OCC(=O)N5CCCCC5)c(O)c4c3C2=O)NC(=O)/C(C)=C\C=C/[C@H](C)[C@H](O)[C@@H](C)[C@@H](O)[C@@H](C)[C@H](OC(C)=O)[C@@H]1C. The number of hydrogen-bond acceptors (Lipinski definition) is 14. The summed E-state index contributed by atoms with van der Waals surface area (Å²) in [6.07, 6.45) is 5.85. The molecule has 0 radical (unpaired) electrons. The quantitative estimate of drug-likeness (QED) is 0.130. The molecule has 1 saturated heterocycles. The number of phenolic OH excluding ortho intramolecular Hbond substituents is 3. The number of aliphatic hydroxyl groups is 2. The third-order valence-electron chi connectivity index (χ3n) is 12.0. The molecular formula is C44H58N2O14. The minimum atomic E-state index is -2.10. The fraction of sp³-hybridized carbons (Fsp3) is 0.545. The molecule has 2 aromatic rings. The molecule has 4 aliphatic heterocycles. The molecule has 2 amide bonds. The molecule has 0 unspecified atom stereocenters. The van der Waals surface area contributed by atoms with Crippen LogP contribution in [0.5, 0.6) is 28.7 Å². The van der Waals surface area contributed by atoms with E-state index in [9.17, 15) is 44.7 Å². The van der Waals surface area contributed by atoms with Gasteiger partial charge in [0, 0.05) is 74.2 Å². The summed E-state index contributed by atoms with van der Waals surface area (Å²) >= 11 is 0. The number of aliphatic hydroxyl groups excluding tert-OH is 2. The Kier molecular flexibility index (Phi) is 14.1.